The van der Waals surface area contributed by atoms with E-state index in [9.17, 15) is 13.2 Å². The fourth-order valence-corrected chi connectivity index (χ4v) is 2.47. The van der Waals surface area contributed by atoms with Crippen LogP contribution in [0.2, 0.25) is 0 Å². The van der Waals surface area contributed by atoms with E-state index in [0.717, 1.165) is 6.26 Å². The van der Waals surface area contributed by atoms with Crippen LogP contribution in [0.5, 0.6) is 0 Å². The maximum Gasteiger partial charge on any atom is 0.252 e. The van der Waals surface area contributed by atoms with Crippen LogP contribution in [0.15, 0.2) is 24.3 Å². The van der Waals surface area contributed by atoms with Gasteiger partial charge in [-0.1, -0.05) is 0 Å². The lowest BCUT2D eigenvalue weighted by Crippen LogP contribution is -2.29. The minimum Gasteiger partial charge on any atom is -0.276 e. The van der Waals surface area contributed by atoms with Crippen LogP contribution in [0.3, 0.4) is 0 Å². The summed E-state index contributed by atoms with van der Waals surface area (Å²) in [5.74, 6) is 0. The van der Waals surface area contributed by atoms with Crippen molar-refractivity contribution in [3.63, 3.8) is 0 Å². The molecule has 0 aromatic heterocycles. The van der Waals surface area contributed by atoms with Gasteiger partial charge in [0.1, 0.15) is 0 Å². The minimum atomic E-state index is -3.29. The van der Waals surface area contributed by atoms with Gasteiger partial charge in [0.15, 0.2) is 0 Å². The second kappa shape index (κ2) is 4.84. The van der Waals surface area contributed by atoms with Gasteiger partial charge in [0.2, 0.25) is 10.0 Å². The number of benzene rings is 1. The molecule has 0 aliphatic carbocycles. The molecule has 6 heteroatoms. The molecular weight excluding hydrogens is 250 g/mol. The largest absolute Gasteiger partial charge is 0.276 e. The quantitative estimate of drug-likeness (QED) is 0.778. The standard InChI is InChI=1S/C10H12ClNO3S/c1-3-12(16(2,14)15)9-6-4-8(5-7-9)10(11)13/h4-7H,3H2,1-2H3. The van der Waals surface area contributed by atoms with Gasteiger partial charge in [-0.15, -0.1) is 0 Å². The van der Waals surface area contributed by atoms with Crippen LogP contribution in [0.4, 0.5) is 5.69 Å². The Kier molecular flexibility index (Phi) is 3.93. The molecule has 1 aromatic rings. The highest BCUT2D eigenvalue weighted by Gasteiger charge is 2.15. The van der Waals surface area contributed by atoms with Crippen LogP contribution < -0.4 is 4.31 Å². The molecule has 0 radical (unpaired) electrons. The summed E-state index contributed by atoms with van der Waals surface area (Å²) in [6, 6.07) is 6.11. The molecule has 0 fully saturated rings. The van der Waals surface area contributed by atoms with Gasteiger partial charge in [0.05, 0.1) is 11.9 Å². The van der Waals surface area contributed by atoms with E-state index in [1.165, 1.54) is 16.4 Å². The lowest BCUT2D eigenvalue weighted by molar-refractivity contribution is 0.108. The first-order chi connectivity index (χ1) is 7.36. The number of carbonyl (C=O) groups is 1. The molecule has 0 aliphatic rings. The second-order valence-electron chi connectivity index (χ2n) is 3.25. The maximum absolute atomic E-state index is 11.4. The van der Waals surface area contributed by atoms with Crippen LogP contribution in [-0.2, 0) is 10.0 Å². The molecule has 4 nitrogen and oxygen atoms in total. The minimum absolute atomic E-state index is 0.340. The zero-order valence-electron chi connectivity index (χ0n) is 8.97. The van der Waals surface area contributed by atoms with Crippen LogP contribution in [0.1, 0.15) is 17.3 Å². The van der Waals surface area contributed by atoms with E-state index in [0.29, 0.717) is 17.8 Å². The lowest BCUT2D eigenvalue weighted by Gasteiger charge is -2.20. The summed E-state index contributed by atoms with van der Waals surface area (Å²) in [7, 11) is -3.29. The van der Waals surface area contributed by atoms with E-state index in [2.05, 4.69) is 0 Å². The number of nitrogens with zero attached hydrogens (tertiary/aromatic N) is 1. The van der Waals surface area contributed by atoms with Gasteiger partial charge in [0.25, 0.3) is 5.24 Å². The normalized spacial score (nSPS) is 11.2. The fourth-order valence-electron chi connectivity index (χ4n) is 1.37. The molecule has 0 bridgehead atoms. The van der Waals surface area contributed by atoms with Crippen molar-refractivity contribution in [2.45, 2.75) is 6.92 Å². The summed E-state index contributed by atoms with van der Waals surface area (Å²) < 4.78 is 24.1. The van der Waals surface area contributed by atoms with Crippen molar-refractivity contribution >= 4 is 32.6 Å². The predicted octanol–water partition coefficient (Wildman–Crippen LogP) is 1.85. The van der Waals surface area contributed by atoms with Crippen molar-refractivity contribution in [1.82, 2.24) is 0 Å². The molecule has 0 amide bonds. The van der Waals surface area contributed by atoms with Gasteiger partial charge in [0, 0.05) is 12.1 Å². The number of carbonyl (C=O) groups excluding carboxylic acids is 1. The summed E-state index contributed by atoms with van der Waals surface area (Å²) in [5.41, 5.74) is 0.863. The Morgan fingerprint density at radius 1 is 1.31 bits per heavy atom. The monoisotopic (exact) mass is 261 g/mol. The molecule has 0 unspecified atom stereocenters. The van der Waals surface area contributed by atoms with Crippen molar-refractivity contribution in [3.8, 4) is 0 Å². The SMILES string of the molecule is CCN(c1ccc(C(=O)Cl)cc1)S(C)(=O)=O. The molecule has 0 atom stereocenters. The molecule has 16 heavy (non-hydrogen) atoms. The maximum atomic E-state index is 11.4. The predicted molar refractivity (Wildman–Crippen MR) is 64.5 cm³/mol. The van der Waals surface area contributed by atoms with Crippen LogP contribution in [-0.4, -0.2) is 26.5 Å². The highest BCUT2D eigenvalue weighted by Crippen LogP contribution is 2.18. The van der Waals surface area contributed by atoms with E-state index in [-0.39, 0.29) is 0 Å². The average molecular weight is 262 g/mol. The van der Waals surface area contributed by atoms with Crippen molar-refractivity contribution in [2.75, 3.05) is 17.1 Å². The Hall–Kier alpha value is -1.07. The highest BCUT2D eigenvalue weighted by atomic mass is 35.5. The smallest absolute Gasteiger partial charge is 0.252 e. The van der Waals surface area contributed by atoms with Crippen molar-refractivity contribution in [1.29, 1.82) is 0 Å². The van der Waals surface area contributed by atoms with E-state index in [1.54, 1.807) is 19.1 Å². The number of anilines is 1. The Labute approximate surface area is 99.9 Å². The number of rotatable bonds is 4. The van der Waals surface area contributed by atoms with E-state index >= 15 is 0 Å². The number of sulfonamides is 1. The van der Waals surface area contributed by atoms with Crippen LogP contribution in [0.25, 0.3) is 0 Å². The molecule has 0 saturated carbocycles. The third kappa shape index (κ3) is 2.96. The molecule has 0 spiro atoms. The zero-order chi connectivity index (χ0) is 12.3. The van der Waals surface area contributed by atoms with E-state index in [1.807, 2.05) is 0 Å². The summed E-state index contributed by atoms with van der Waals surface area (Å²) in [6.45, 7) is 2.08. The first-order valence-corrected chi connectivity index (χ1v) is 6.86. The van der Waals surface area contributed by atoms with Crippen molar-refractivity contribution in [3.05, 3.63) is 29.8 Å². The van der Waals surface area contributed by atoms with Gasteiger partial charge in [-0.2, -0.15) is 0 Å². The first kappa shape index (κ1) is 13.0. The summed E-state index contributed by atoms with van der Waals surface area (Å²) >= 11 is 5.29. The van der Waals surface area contributed by atoms with Gasteiger partial charge in [-0.05, 0) is 42.8 Å². The van der Waals surface area contributed by atoms with Gasteiger partial charge in [-0.3, -0.25) is 9.10 Å². The van der Waals surface area contributed by atoms with Crippen molar-refractivity contribution < 1.29 is 13.2 Å². The summed E-state index contributed by atoms with van der Waals surface area (Å²) in [5, 5.41) is -0.561. The summed E-state index contributed by atoms with van der Waals surface area (Å²) in [6.07, 6.45) is 1.14. The molecule has 88 valence electrons. The third-order valence-electron chi connectivity index (χ3n) is 2.07. The average Bonchev–Trinajstić information content (AvgIpc) is 2.17. The van der Waals surface area contributed by atoms with Crippen LogP contribution >= 0.6 is 11.6 Å². The number of hydrogen-bond acceptors (Lipinski definition) is 3. The topological polar surface area (TPSA) is 54.5 Å². The molecule has 0 saturated heterocycles. The number of hydrogen-bond donors (Lipinski definition) is 0. The van der Waals surface area contributed by atoms with Crippen LogP contribution in [0, 0.1) is 0 Å². The Bertz CT molecular complexity index is 481. The van der Waals surface area contributed by atoms with E-state index < -0.39 is 15.3 Å². The fraction of sp³-hybridized carbons (Fsp3) is 0.300. The zero-order valence-corrected chi connectivity index (χ0v) is 10.5. The second-order valence-corrected chi connectivity index (χ2v) is 5.50. The van der Waals surface area contributed by atoms with Gasteiger partial charge in [-0.25, -0.2) is 8.42 Å². The molecule has 1 aromatic carbocycles. The van der Waals surface area contributed by atoms with Gasteiger partial charge < -0.3 is 0 Å². The summed E-state index contributed by atoms with van der Waals surface area (Å²) in [4.78, 5) is 10.8. The lowest BCUT2D eigenvalue weighted by atomic mass is 10.2. The molecule has 1 rings (SSSR count). The first-order valence-electron chi connectivity index (χ1n) is 4.64. The Morgan fingerprint density at radius 3 is 2.12 bits per heavy atom. The van der Waals surface area contributed by atoms with E-state index in [4.69, 9.17) is 11.6 Å². The highest BCUT2D eigenvalue weighted by molar-refractivity contribution is 7.92. The van der Waals surface area contributed by atoms with Gasteiger partial charge >= 0.3 is 0 Å². The molecule has 0 aliphatic heterocycles. The number of halogens is 1. The Balaban J connectivity index is 3.10. The molecule has 0 N–H and O–H groups in total. The Morgan fingerprint density at radius 2 is 1.81 bits per heavy atom. The van der Waals surface area contributed by atoms with Crippen molar-refractivity contribution in [2.24, 2.45) is 0 Å². The molecule has 0 heterocycles. The third-order valence-corrected chi connectivity index (χ3v) is 3.56. The molecular formula is C10H12ClNO3S.